The van der Waals surface area contributed by atoms with Crippen molar-refractivity contribution < 1.29 is 0 Å². The lowest BCUT2D eigenvalue weighted by atomic mass is 10.1. The first-order chi connectivity index (χ1) is 12.9. The summed E-state index contributed by atoms with van der Waals surface area (Å²) in [5.74, 6) is 6.40. The van der Waals surface area contributed by atoms with Gasteiger partial charge in [-0.3, -0.25) is 0 Å². The molecule has 0 amide bonds. The van der Waals surface area contributed by atoms with Crippen LogP contribution in [-0.4, -0.2) is 24.6 Å². The van der Waals surface area contributed by atoms with E-state index >= 15 is 0 Å². The van der Waals surface area contributed by atoms with Crippen LogP contribution in [0.3, 0.4) is 0 Å². The van der Waals surface area contributed by atoms with Crippen molar-refractivity contribution in [2.45, 2.75) is 0 Å². The van der Waals surface area contributed by atoms with Crippen LogP contribution in [0.1, 0.15) is 11.3 Å². The maximum Gasteiger partial charge on any atom is 0.154 e. The fourth-order valence-corrected chi connectivity index (χ4v) is 2.87. The summed E-state index contributed by atoms with van der Waals surface area (Å²) in [7, 11) is 0. The molecule has 5 aromatic rings. The highest BCUT2D eigenvalue weighted by Gasteiger charge is 2.06. The summed E-state index contributed by atoms with van der Waals surface area (Å²) in [5, 5.41) is 5.69. The number of H-pyrrole nitrogens is 1. The van der Waals surface area contributed by atoms with E-state index < -0.39 is 0 Å². The number of nitrogens with zero attached hydrogens (tertiary/aromatic N) is 4. The summed E-state index contributed by atoms with van der Waals surface area (Å²) in [4.78, 5) is 11.8. The van der Waals surface area contributed by atoms with E-state index in [2.05, 4.69) is 38.0 Å². The van der Waals surface area contributed by atoms with E-state index in [0.29, 0.717) is 0 Å². The molecule has 0 aliphatic carbocycles. The Morgan fingerprint density at radius 1 is 0.962 bits per heavy atom. The van der Waals surface area contributed by atoms with Crippen molar-refractivity contribution in [3.05, 3.63) is 84.4 Å². The van der Waals surface area contributed by atoms with E-state index in [4.69, 9.17) is 0 Å². The molecule has 0 saturated heterocycles. The SMILES string of the molecule is C(#Cc1cnc2ccc(-c3cc[c]cc3)nn12)c1ccnc2[nH]ccc12. The molecule has 1 aromatic carbocycles. The maximum absolute atomic E-state index is 4.69. The highest BCUT2D eigenvalue weighted by Crippen LogP contribution is 2.17. The fourth-order valence-electron chi connectivity index (χ4n) is 2.87. The molecule has 0 spiro atoms. The third-order valence-electron chi connectivity index (χ3n) is 4.16. The van der Waals surface area contributed by atoms with Crippen LogP contribution in [0.5, 0.6) is 0 Å². The smallest absolute Gasteiger partial charge is 0.154 e. The molecule has 4 aromatic heterocycles. The van der Waals surface area contributed by atoms with Crippen LogP contribution in [0.15, 0.2) is 67.1 Å². The molecule has 5 nitrogen and oxygen atoms in total. The highest BCUT2D eigenvalue weighted by atomic mass is 15.3. The van der Waals surface area contributed by atoms with E-state index in [1.165, 1.54) is 0 Å². The third-order valence-corrected chi connectivity index (χ3v) is 4.16. The van der Waals surface area contributed by atoms with Gasteiger partial charge in [0.2, 0.25) is 0 Å². The first kappa shape index (κ1) is 14.4. The Bertz CT molecular complexity index is 1290. The van der Waals surface area contributed by atoms with Crippen molar-refractivity contribution in [3.8, 4) is 23.1 Å². The van der Waals surface area contributed by atoms with E-state index in [0.717, 1.165) is 39.2 Å². The van der Waals surface area contributed by atoms with Gasteiger partial charge in [0.05, 0.1) is 11.9 Å². The van der Waals surface area contributed by atoms with E-state index in [1.807, 2.05) is 54.7 Å². The zero-order valence-corrected chi connectivity index (χ0v) is 13.6. The van der Waals surface area contributed by atoms with Crippen LogP contribution in [0, 0.1) is 17.9 Å². The van der Waals surface area contributed by atoms with Crippen molar-refractivity contribution in [1.29, 1.82) is 0 Å². The summed E-state index contributed by atoms with van der Waals surface area (Å²) in [6.45, 7) is 0. The molecular weight excluding hydrogens is 322 g/mol. The third kappa shape index (κ3) is 2.41. The summed E-state index contributed by atoms with van der Waals surface area (Å²) < 4.78 is 1.77. The number of hydrogen-bond acceptors (Lipinski definition) is 3. The summed E-state index contributed by atoms with van der Waals surface area (Å²) in [5.41, 5.74) is 5.15. The zero-order chi connectivity index (χ0) is 17.3. The molecule has 4 heterocycles. The quantitative estimate of drug-likeness (QED) is 0.478. The summed E-state index contributed by atoms with van der Waals surface area (Å²) in [6.07, 6.45) is 5.36. The molecule has 0 aliphatic rings. The Labute approximate surface area is 149 Å². The van der Waals surface area contributed by atoms with Gasteiger partial charge >= 0.3 is 0 Å². The lowest BCUT2D eigenvalue weighted by molar-refractivity contribution is 0.930. The Morgan fingerprint density at radius 3 is 2.81 bits per heavy atom. The second-order valence-electron chi connectivity index (χ2n) is 5.77. The molecule has 0 atom stereocenters. The van der Waals surface area contributed by atoms with Gasteiger partial charge in [-0.2, -0.15) is 5.10 Å². The van der Waals surface area contributed by atoms with E-state index in [1.54, 1.807) is 16.9 Å². The fraction of sp³-hybridized carbons (Fsp3) is 0. The summed E-state index contributed by atoms with van der Waals surface area (Å²) >= 11 is 0. The number of pyridine rings is 1. The van der Waals surface area contributed by atoms with Gasteiger partial charge in [-0.15, -0.1) is 0 Å². The second-order valence-corrected chi connectivity index (χ2v) is 5.77. The zero-order valence-electron chi connectivity index (χ0n) is 13.6. The lowest BCUT2D eigenvalue weighted by Gasteiger charge is -2.01. The molecule has 0 aliphatic heterocycles. The monoisotopic (exact) mass is 334 g/mol. The van der Waals surface area contributed by atoms with Gasteiger partial charge in [-0.05, 0) is 36.3 Å². The number of benzene rings is 1. The Balaban J connectivity index is 1.61. The average Bonchev–Trinajstić information content (AvgIpc) is 3.33. The molecule has 0 saturated carbocycles. The Morgan fingerprint density at radius 2 is 1.88 bits per heavy atom. The molecule has 0 fully saturated rings. The topological polar surface area (TPSA) is 58.9 Å². The molecule has 121 valence electrons. The molecule has 0 bridgehead atoms. The van der Waals surface area contributed by atoms with Crippen LogP contribution in [0.2, 0.25) is 0 Å². The molecule has 26 heavy (non-hydrogen) atoms. The molecule has 1 radical (unpaired) electrons. The minimum absolute atomic E-state index is 0.741. The van der Waals surface area contributed by atoms with Crippen LogP contribution in [0.25, 0.3) is 27.9 Å². The van der Waals surface area contributed by atoms with Crippen LogP contribution in [0.4, 0.5) is 0 Å². The van der Waals surface area contributed by atoms with Gasteiger partial charge in [-0.1, -0.05) is 30.2 Å². The Hall–Kier alpha value is -3.91. The van der Waals surface area contributed by atoms with Gasteiger partial charge in [0.25, 0.3) is 0 Å². The van der Waals surface area contributed by atoms with Crippen LogP contribution < -0.4 is 0 Å². The number of rotatable bonds is 1. The largest absolute Gasteiger partial charge is 0.346 e. The minimum atomic E-state index is 0.741. The standard InChI is InChI=1S/C21H12N5/c1-2-4-16(5-3-1)19-8-9-20-24-14-17(26(20)25-19)7-6-15-10-12-22-21-18(15)11-13-23-21/h2-5,8-14H,(H,22,23). The van der Waals surface area contributed by atoms with E-state index in [9.17, 15) is 0 Å². The van der Waals surface area contributed by atoms with Gasteiger partial charge < -0.3 is 4.98 Å². The first-order valence-electron chi connectivity index (χ1n) is 8.14. The first-order valence-corrected chi connectivity index (χ1v) is 8.14. The number of aromatic amines is 1. The van der Waals surface area contributed by atoms with Gasteiger partial charge in [0.15, 0.2) is 5.65 Å². The molecule has 0 unspecified atom stereocenters. The maximum atomic E-state index is 4.69. The van der Waals surface area contributed by atoms with E-state index in [-0.39, 0.29) is 0 Å². The van der Waals surface area contributed by atoms with Crippen molar-refractivity contribution >= 4 is 16.7 Å². The average molecular weight is 334 g/mol. The Kier molecular flexibility index (Phi) is 3.26. The van der Waals surface area contributed by atoms with Gasteiger partial charge in [-0.25, -0.2) is 14.5 Å². The van der Waals surface area contributed by atoms with Gasteiger partial charge in [0, 0.05) is 28.9 Å². The van der Waals surface area contributed by atoms with Crippen molar-refractivity contribution in [2.75, 3.05) is 0 Å². The van der Waals surface area contributed by atoms with Crippen LogP contribution in [-0.2, 0) is 0 Å². The van der Waals surface area contributed by atoms with Crippen molar-refractivity contribution in [3.63, 3.8) is 0 Å². The highest BCUT2D eigenvalue weighted by molar-refractivity contribution is 5.82. The van der Waals surface area contributed by atoms with Crippen molar-refractivity contribution in [2.24, 2.45) is 0 Å². The number of fused-ring (bicyclic) bond motifs is 2. The molecular formula is C21H12N5. The number of nitrogens with one attached hydrogen (secondary N) is 1. The molecule has 5 rings (SSSR count). The van der Waals surface area contributed by atoms with Crippen molar-refractivity contribution in [1.82, 2.24) is 24.6 Å². The number of hydrogen-bond donors (Lipinski definition) is 1. The molecule has 1 N–H and O–H groups in total. The second kappa shape index (κ2) is 5.87. The normalized spacial score (nSPS) is 10.8. The lowest BCUT2D eigenvalue weighted by Crippen LogP contribution is -1.96. The minimum Gasteiger partial charge on any atom is -0.346 e. The van der Waals surface area contributed by atoms with Crippen LogP contribution >= 0.6 is 0 Å². The van der Waals surface area contributed by atoms with Gasteiger partial charge in [0.1, 0.15) is 11.3 Å². The molecule has 5 heteroatoms. The predicted octanol–water partition coefficient (Wildman–Crippen LogP) is 3.47. The predicted molar refractivity (Wildman–Crippen MR) is 99.3 cm³/mol. The number of aromatic nitrogens is 5. The number of imidazole rings is 1. The summed E-state index contributed by atoms with van der Waals surface area (Å²) in [6, 6.07) is 18.5.